The monoisotopic (exact) mass is 235 g/mol. The Balaban J connectivity index is 2.81. The lowest BCUT2D eigenvalue weighted by atomic mass is 10.2. The van der Waals surface area contributed by atoms with Gasteiger partial charge in [-0.3, -0.25) is 4.67 Å². The molecule has 2 aromatic rings. The van der Waals surface area contributed by atoms with Crippen LogP contribution in [0, 0.1) is 6.92 Å². The minimum absolute atomic E-state index is 0.430. The van der Waals surface area contributed by atoms with E-state index in [4.69, 9.17) is 4.98 Å². The quantitative estimate of drug-likeness (QED) is 0.798. The maximum absolute atomic E-state index is 4.78. The van der Waals surface area contributed by atoms with Gasteiger partial charge in [0.25, 0.3) is 0 Å². The summed E-state index contributed by atoms with van der Waals surface area (Å²) in [5.41, 5.74) is 3.62. The molecule has 1 heterocycles. The second-order valence-electron chi connectivity index (χ2n) is 4.41. The number of aryl methyl sites for hydroxylation is 1. The molecule has 2 rings (SSSR count). The van der Waals surface area contributed by atoms with Gasteiger partial charge in [0.15, 0.2) is 5.55 Å². The molecule has 0 fully saturated rings. The maximum atomic E-state index is 4.78. The normalized spacial score (nSPS) is 12.5. The summed E-state index contributed by atoms with van der Waals surface area (Å²) in [6, 6.07) is 6.46. The first-order valence-electron chi connectivity index (χ1n) is 5.35. The fraction of sp³-hybridized carbons (Fsp3) is 0.417. The van der Waals surface area contributed by atoms with Crippen LogP contribution in [0.25, 0.3) is 10.6 Å². The summed E-state index contributed by atoms with van der Waals surface area (Å²) in [5, 5.41) is 1.38. The molecule has 1 aromatic heterocycles. The van der Waals surface area contributed by atoms with Crippen molar-refractivity contribution in [1.82, 2.24) is 4.98 Å². The molecule has 1 atom stereocenters. The summed E-state index contributed by atoms with van der Waals surface area (Å²) >= 11 is 0. The van der Waals surface area contributed by atoms with Crippen LogP contribution in [0.4, 0.5) is 5.55 Å². The number of hydrogen-bond donors (Lipinski definition) is 0. The van der Waals surface area contributed by atoms with E-state index in [1.54, 1.807) is 0 Å². The van der Waals surface area contributed by atoms with Gasteiger partial charge in [0.2, 0.25) is 0 Å². The molecule has 0 saturated heterocycles. The van der Waals surface area contributed by atoms with Gasteiger partial charge in [-0.15, -0.1) is 0 Å². The first-order valence-corrected chi connectivity index (χ1v) is 6.65. The van der Waals surface area contributed by atoms with Gasteiger partial charge in [0.05, 0.1) is 5.52 Å². The van der Waals surface area contributed by atoms with E-state index in [0.29, 0.717) is 0 Å². The lowest BCUT2D eigenvalue weighted by molar-refractivity contribution is 1.11. The van der Waals surface area contributed by atoms with Crippen LogP contribution in [0.1, 0.15) is 5.56 Å². The third-order valence-corrected chi connectivity index (χ3v) is 5.14. The SMILES string of the molecule is Cc1cccc2c1nc(N(C)C)p2N(C)C. The highest BCUT2D eigenvalue weighted by atomic mass is 31.1. The van der Waals surface area contributed by atoms with Crippen molar-refractivity contribution in [2.75, 3.05) is 37.8 Å². The zero-order valence-electron chi connectivity index (χ0n) is 10.5. The van der Waals surface area contributed by atoms with Crippen molar-refractivity contribution >= 4 is 23.9 Å². The van der Waals surface area contributed by atoms with Gasteiger partial charge in [-0.05, 0) is 32.6 Å². The van der Waals surface area contributed by atoms with Crippen molar-refractivity contribution in [3.63, 3.8) is 0 Å². The third-order valence-electron chi connectivity index (χ3n) is 2.65. The van der Waals surface area contributed by atoms with Crippen molar-refractivity contribution in [3.05, 3.63) is 23.8 Å². The van der Waals surface area contributed by atoms with Gasteiger partial charge in [0, 0.05) is 26.9 Å². The molecule has 0 aliphatic heterocycles. The molecular weight excluding hydrogens is 217 g/mol. The van der Waals surface area contributed by atoms with E-state index in [9.17, 15) is 0 Å². The standard InChI is InChI=1S/C12H18N3P/c1-9-7-6-8-10-11(9)13-12(14(2)3)16(10)15(4)5/h6-8H,1-5H3. The Bertz CT molecular complexity index is 514. The van der Waals surface area contributed by atoms with Gasteiger partial charge in [0.1, 0.15) is 0 Å². The topological polar surface area (TPSA) is 19.4 Å². The summed E-state index contributed by atoms with van der Waals surface area (Å²) in [4.78, 5) is 6.91. The lowest BCUT2D eigenvalue weighted by Gasteiger charge is -2.17. The largest absolute Gasteiger partial charge is 0.358 e. The molecule has 3 nitrogen and oxygen atoms in total. The number of fused-ring (bicyclic) bond motifs is 1. The van der Waals surface area contributed by atoms with Crippen molar-refractivity contribution in [3.8, 4) is 0 Å². The number of hydrogen-bond acceptors (Lipinski definition) is 3. The van der Waals surface area contributed by atoms with E-state index < -0.39 is 7.68 Å². The molecule has 0 bridgehead atoms. The summed E-state index contributed by atoms with van der Waals surface area (Å²) in [5.74, 6) is 0. The molecule has 0 spiro atoms. The number of rotatable bonds is 2. The summed E-state index contributed by atoms with van der Waals surface area (Å²) in [6.45, 7) is 2.13. The number of aromatic nitrogens is 1. The smallest absolute Gasteiger partial charge is 0.163 e. The molecular formula is C12H18N3P. The number of para-hydroxylation sites is 1. The fourth-order valence-corrected chi connectivity index (χ4v) is 4.13. The third kappa shape index (κ3) is 1.70. The van der Waals surface area contributed by atoms with Crippen molar-refractivity contribution in [1.29, 1.82) is 0 Å². The van der Waals surface area contributed by atoms with E-state index in [-0.39, 0.29) is 0 Å². The molecule has 1 unspecified atom stereocenters. The van der Waals surface area contributed by atoms with Crippen LogP contribution >= 0.6 is 7.68 Å². The van der Waals surface area contributed by atoms with Crippen LogP contribution in [-0.4, -0.2) is 33.2 Å². The minimum Gasteiger partial charge on any atom is -0.358 e. The molecule has 0 aliphatic rings. The average molecular weight is 235 g/mol. The highest BCUT2D eigenvalue weighted by Gasteiger charge is 2.16. The average Bonchev–Trinajstić information content (AvgIpc) is 2.58. The Kier molecular flexibility index (Phi) is 2.92. The maximum Gasteiger partial charge on any atom is 0.163 e. The van der Waals surface area contributed by atoms with Crippen LogP contribution in [0.15, 0.2) is 18.2 Å². The van der Waals surface area contributed by atoms with E-state index in [0.717, 1.165) is 0 Å². The molecule has 0 aliphatic carbocycles. The molecule has 0 radical (unpaired) electrons. The Morgan fingerprint density at radius 3 is 2.38 bits per heavy atom. The lowest BCUT2D eigenvalue weighted by Crippen LogP contribution is -2.12. The van der Waals surface area contributed by atoms with Crippen molar-refractivity contribution in [2.45, 2.75) is 6.92 Å². The Hall–Kier alpha value is -1.05. The Morgan fingerprint density at radius 1 is 1.12 bits per heavy atom. The molecule has 86 valence electrons. The highest BCUT2D eigenvalue weighted by Crippen LogP contribution is 2.47. The van der Waals surface area contributed by atoms with Gasteiger partial charge in [-0.2, -0.15) is 0 Å². The van der Waals surface area contributed by atoms with Crippen molar-refractivity contribution < 1.29 is 0 Å². The van der Waals surface area contributed by atoms with Crippen LogP contribution in [0.5, 0.6) is 0 Å². The summed E-state index contributed by atoms with van der Waals surface area (Å²) in [6.07, 6.45) is 0. The number of benzene rings is 1. The predicted molar refractivity (Wildman–Crippen MR) is 73.6 cm³/mol. The molecule has 0 N–H and O–H groups in total. The molecule has 0 amide bonds. The minimum atomic E-state index is -0.430. The number of nitrogens with zero attached hydrogens (tertiary/aromatic N) is 3. The molecule has 1 aromatic carbocycles. The van der Waals surface area contributed by atoms with E-state index >= 15 is 0 Å². The zero-order valence-corrected chi connectivity index (χ0v) is 11.4. The van der Waals surface area contributed by atoms with Gasteiger partial charge >= 0.3 is 0 Å². The Labute approximate surface area is 97.8 Å². The molecule has 4 heteroatoms. The number of anilines is 1. The van der Waals surface area contributed by atoms with E-state index in [2.05, 4.69) is 62.9 Å². The van der Waals surface area contributed by atoms with Crippen LogP contribution in [0.3, 0.4) is 0 Å². The van der Waals surface area contributed by atoms with Gasteiger partial charge in [-0.25, -0.2) is 4.98 Å². The van der Waals surface area contributed by atoms with Crippen LogP contribution in [0.2, 0.25) is 0 Å². The fourth-order valence-electron chi connectivity index (χ4n) is 1.90. The zero-order chi connectivity index (χ0) is 11.9. The Morgan fingerprint density at radius 2 is 1.81 bits per heavy atom. The second kappa shape index (κ2) is 4.08. The summed E-state index contributed by atoms with van der Waals surface area (Å²) in [7, 11) is 7.96. The summed E-state index contributed by atoms with van der Waals surface area (Å²) < 4.78 is 2.28. The second-order valence-corrected chi connectivity index (χ2v) is 6.71. The predicted octanol–water partition coefficient (Wildman–Crippen LogP) is 2.79. The van der Waals surface area contributed by atoms with E-state index in [1.165, 1.54) is 21.7 Å². The first-order chi connectivity index (χ1) is 7.52. The van der Waals surface area contributed by atoms with Gasteiger partial charge < -0.3 is 4.90 Å². The first kappa shape index (κ1) is 11.4. The van der Waals surface area contributed by atoms with E-state index in [1.807, 2.05) is 0 Å². The van der Waals surface area contributed by atoms with Crippen molar-refractivity contribution in [2.24, 2.45) is 0 Å². The van der Waals surface area contributed by atoms with Gasteiger partial charge in [-0.1, -0.05) is 12.1 Å². The highest BCUT2D eigenvalue weighted by molar-refractivity contribution is 7.60. The molecule has 16 heavy (non-hydrogen) atoms. The molecule has 0 saturated carbocycles. The van der Waals surface area contributed by atoms with Crippen LogP contribution in [-0.2, 0) is 0 Å². The van der Waals surface area contributed by atoms with Crippen LogP contribution < -0.4 is 9.57 Å².